The second kappa shape index (κ2) is 6.93. The fourth-order valence-electron chi connectivity index (χ4n) is 3.05. The van der Waals surface area contributed by atoms with Crippen LogP contribution < -0.4 is 5.32 Å². The Morgan fingerprint density at radius 2 is 1.85 bits per heavy atom. The van der Waals surface area contributed by atoms with E-state index >= 15 is 0 Å². The minimum absolute atomic E-state index is 0.138. The zero-order chi connectivity index (χ0) is 18.9. The number of pyridine rings is 2. The van der Waals surface area contributed by atoms with Crippen molar-refractivity contribution in [1.29, 1.82) is 0 Å². The number of hydrogen-bond acceptors (Lipinski definition) is 4. The second-order valence-electron chi connectivity index (χ2n) is 6.86. The minimum Gasteiger partial charge on any atom is -0.341 e. The summed E-state index contributed by atoms with van der Waals surface area (Å²) >= 11 is 1.66. The van der Waals surface area contributed by atoms with E-state index in [2.05, 4.69) is 33.5 Å². The molecular formula is C22H19N3OS. The van der Waals surface area contributed by atoms with Crippen LogP contribution in [0.2, 0.25) is 0 Å². The molecule has 134 valence electrons. The third-order valence-electron chi connectivity index (χ3n) is 4.49. The predicted octanol–water partition coefficient (Wildman–Crippen LogP) is 5.02. The predicted molar refractivity (Wildman–Crippen MR) is 110 cm³/mol. The van der Waals surface area contributed by atoms with Crippen LogP contribution in [0.25, 0.3) is 20.5 Å². The van der Waals surface area contributed by atoms with E-state index in [1.54, 1.807) is 36.0 Å². The van der Waals surface area contributed by atoms with Gasteiger partial charge in [-0.3, -0.25) is 14.8 Å². The Morgan fingerprint density at radius 3 is 2.63 bits per heavy atom. The van der Waals surface area contributed by atoms with E-state index in [1.165, 1.54) is 10.1 Å². The number of rotatable bonds is 4. The van der Waals surface area contributed by atoms with Crippen LogP contribution in [0.3, 0.4) is 0 Å². The van der Waals surface area contributed by atoms with Crippen LogP contribution in [-0.4, -0.2) is 15.9 Å². The summed E-state index contributed by atoms with van der Waals surface area (Å²) in [6, 6.07) is 17.8. The number of nitrogens with one attached hydrogen (secondary N) is 1. The van der Waals surface area contributed by atoms with Gasteiger partial charge in [0.05, 0.1) is 16.8 Å². The molecule has 4 rings (SSSR count). The Morgan fingerprint density at radius 1 is 1.04 bits per heavy atom. The summed E-state index contributed by atoms with van der Waals surface area (Å²) < 4.78 is 1.19. The average Bonchev–Trinajstić information content (AvgIpc) is 3.12. The average molecular weight is 373 g/mol. The number of amides is 1. The van der Waals surface area contributed by atoms with Gasteiger partial charge in [-0.05, 0) is 49.6 Å². The van der Waals surface area contributed by atoms with Crippen molar-refractivity contribution in [3.05, 3.63) is 84.4 Å². The van der Waals surface area contributed by atoms with Crippen LogP contribution in [0.4, 0.5) is 0 Å². The normalized spacial score (nSPS) is 11.5. The number of aromatic nitrogens is 2. The maximum absolute atomic E-state index is 13.1. The van der Waals surface area contributed by atoms with Crippen molar-refractivity contribution in [3.8, 4) is 10.4 Å². The molecule has 0 aliphatic heterocycles. The first-order valence-electron chi connectivity index (χ1n) is 8.71. The molecule has 0 spiro atoms. The van der Waals surface area contributed by atoms with Gasteiger partial charge in [0.2, 0.25) is 0 Å². The summed E-state index contributed by atoms with van der Waals surface area (Å²) in [4.78, 5) is 22.7. The van der Waals surface area contributed by atoms with Crippen LogP contribution in [0.1, 0.15) is 29.9 Å². The van der Waals surface area contributed by atoms with E-state index in [9.17, 15) is 4.79 Å². The SMILES string of the molecule is CC(C)(NC(=O)c1ccncc1-c1cc2ccccc2s1)c1ccccn1. The molecule has 0 aliphatic rings. The Bertz CT molecular complexity index is 1070. The Hall–Kier alpha value is -3.05. The molecule has 4 aromatic rings. The summed E-state index contributed by atoms with van der Waals surface area (Å²) in [6.07, 6.45) is 5.14. The maximum atomic E-state index is 13.1. The van der Waals surface area contributed by atoms with Crippen molar-refractivity contribution in [3.63, 3.8) is 0 Å². The molecule has 1 amide bonds. The van der Waals surface area contributed by atoms with Crippen molar-refractivity contribution in [2.45, 2.75) is 19.4 Å². The first kappa shape index (κ1) is 17.4. The molecule has 3 heterocycles. The first-order valence-corrected chi connectivity index (χ1v) is 9.53. The van der Waals surface area contributed by atoms with Gasteiger partial charge in [0.25, 0.3) is 5.91 Å². The first-order chi connectivity index (χ1) is 13.0. The van der Waals surface area contributed by atoms with Gasteiger partial charge in [-0.15, -0.1) is 11.3 Å². The lowest BCUT2D eigenvalue weighted by Crippen LogP contribution is -2.41. The maximum Gasteiger partial charge on any atom is 0.252 e. The Labute approximate surface area is 161 Å². The molecule has 0 aliphatic carbocycles. The van der Waals surface area contributed by atoms with Crippen molar-refractivity contribution in [1.82, 2.24) is 15.3 Å². The summed E-state index contributed by atoms with van der Waals surface area (Å²) in [6.45, 7) is 3.90. The molecule has 5 heteroatoms. The fraction of sp³-hybridized carbons (Fsp3) is 0.136. The molecule has 27 heavy (non-hydrogen) atoms. The Kier molecular flexibility index (Phi) is 4.46. The lowest BCUT2D eigenvalue weighted by atomic mass is 9.98. The number of hydrogen-bond donors (Lipinski definition) is 1. The van der Waals surface area contributed by atoms with Crippen molar-refractivity contribution >= 4 is 27.3 Å². The van der Waals surface area contributed by atoms with Crippen LogP contribution in [-0.2, 0) is 5.54 Å². The van der Waals surface area contributed by atoms with Gasteiger partial charge in [-0.1, -0.05) is 24.3 Å². The number of carbonyl (C=O) groups excluding carboxylic acids is 1. The molecule has 0 unspecified atom stereocenters. The molecular weight excluding hydrogens is 354 g/mol. The minimum atomic E-state index is -0.584. The summed E-state index contributed by atoms with van der Waals surface area (Å²) in [5.74, 6) is -0.138. The van der Waals surface area contributed by atoms with Crippen molar-refractivity contribution in [2.24, 2.45) is 0 Å². The molecule has 1 aromatic carbocycles. The molecule has 0 saturated heterocycles. The Balaban J connectivity index is 1.69. The van der Waals surface area contributed by atoms with Crippen LogP contribution >= 0.6 is 11.3 Å². The highest BCUT2D eigenvalue weighted by Gasteiger charge is 2.26. The molecule has 0 radical (unpaired) electrons. The van der Waals surface area contributed by atoms with Gasteiger partial charge in [0, 0.05) is 33.7 Å². The molecule has 0 atom stereocenters. The van der Waals surface area contributed by atoms with Crippen LogP contribution in [0.15, 0.2) is 73.2 Å². The number of benzene rings is 1. The molecule has 0 fully saturated rings. The smallest absolute Gasteiger partial charge is 0.252 e. The zero-order valence-corrected chi connectivity index (χ0v) is 16.0. The van der Waals surface area contributed by atoms with Gasteiger partial charge in [-0.2, -0.15) is 0 Å². The van der Waals surface area contributed by atoms with E-state index in [1.807, 2.05) is 44.2 Å². The molecule has 0 saturated carbocycles. The second-order valence-corrected chi connectivity index (χ2v) is 7.95. The quantitative estimate of drug-likeness (QED) is 0.546. The van der Waals surface area contributed by atoms with Crippen molar-refractivity contribution < 1.29 is 4.79 Å². The van der Waals surface area contributed by atoms with Crippen LogP contribution in [0, 0.1) is 0 Å². The highest BCUT2D eigenvalue weighted by Crippen LogP contribution is 2.35. The molecule has 1 N–H and O–H groups in total. The van der Waals surface area contributed by atoms with Crippen LogP contribution in [0.5, 0.6) is 0 Å². The van der Waals surface area contributed by atoms with Gasteiger partial charge in [0.1, 0.15) is 0 Å². The topological polar surface area (TPSA) is 54.9 Å². The summed E-state index contributed by atoms with van der Waals surface area (Å²) in [7, 11) is 0. The lowest BCUT2D eigenvalue weighted by Gasteiger charge is -2.26. The van der Waals surface area contributed by atoms with E-state index in [4.69, 9.17) is 0 Å². The number of thiophene rings is 1. The highest BCUT2D eigenvalue weighted by molar-refractivity contribution is 7.22. The highest BCUT2D eigenvalue weighted by atomic mass is 32.1. The fourth-order valence-corrected chi connectivity index (χ4v) is 4.14. The van der Waals surface area contributed by atoms with E-state index in [0.29, 0.717) is 5.56 Å². The standard InChI is InChI=1S/C22H19N3OS/c1-22(2,20-9-5-6-11-24-20)25-21(26)16-10-12-23-14-17(16)19-13-15-7-3-4-8-18(15)27-19/h3-14H,1-2H3,(H,25,26). The number of carbonyl (C=O) groups is 1. The molecule has 3 aromatic heterocycles. The van der Waals surface area contributed by atoms with E-state index in [0.717, 1.165) is 16.1 Å². The monoisotopic (exact) mass is 373 g/mol. The third kappa shape index (κ3) is 3.46. The third-order valence-corrected chi connectivity index (χ3v) is 5.64. The van der Waals surface area contributed by atoms with Gasteiger partial charge >= 0.3 is 0 Å². The van der Waals surface area contributed by atoms with E-state index in [-0.39, 0.29) is 5.91 Å². The van der Waals surface area contributed by atoms with Gasteiger partial charge in [0.15, 0.2) is 0 Å². The number of fused-ring (bicyclic) bond motifs is 1. The molecule has 4 nitrogen and oxygen atoms in total. The van der Waals surface area contributed by atoms with E-state index < -0.39 is 5.54 Å². The summed E-state index contributed by atoms with van der Waals surface area (Å²) in [5, 5.41) is 4.28. The van der Waals surface area contributed by atoms with Gasteiger partial charge in [-0.25, -0.2) is 0 Å². The number of nitrogens with zero attached hydrogens (tertiary/aromatic N) is 2. The largest absolute Gasteiger partial charge is 0.341 e. The zero-order valence-electron chi connectivity index (χ0n) is 15.1. The molecule has 0 bridgehead atoms. The van der Waals surface area contributed by atoms with Gasteiger partial charge < -0.3 is 5.32 Å². The van der Waals surface area contributed by atoms with Crippen molar-refractivity contribution in [2.75, 3.05) is 0 Å². The lowest BCUT2D eigenvalue weighted by molar-refractivity contribution is 0.0911. The summed E-state index contributed by atoms with van der Waals surface area (Å²) in [5.41, 5.74) is 1.68.